The maximum atomic E-state index is 4.49. The van der Waals surface area contributed by atoms with Crippen LogP contribution < -0.4 is 0 Å². The molecule has 0 fully saturated rings. The van der Waals surface area contributed by atoms with Gasteiger partial charge in [-0.15, -0.1) is 0 Å². The molecule has 0 amide bonds. The molecular formula is C15H20N6. The zero-order valence-electron chi connectivity index (χ0n) is 12.6. The largest absolute Gasteiger partial charge is 0.337 e. The Bertz CT molecular complexity index is 718. The van der Waals surface area contributed by atoms with E-state index < -0.39 is 0 Å². The molecule has 21 heavy (non-hydrogen) atoms. The van der Waals surface area contributed by atoms with Crippen LogP contribution in [-0.4, -0.2) is 28.7 Å². The Balaban J connectivity index is 1.92. The molecule has 0 aliphatic carbocycles. The third-order valence-electron chi connectivity index (χ3n) is 3.55. The van der Waals surface area contributed by atoms with Gasteiger partial charge < -0.3 is 13.7 Å². The number of imidazole rings is 3. The molecule has 0 aliphatic rings. The SMILES string of the molecule is CCn1cnc(Cn2ccnc2-c2cncn2C(C)C)c1. The van der Waals surface area contributed by atoms with Crippen molar-refractivity contribution in [3.05, 3.63) is 43.1 Å². The van der Waals surface area contributed by atoms with E-state index in [2.05, 4.69) is 55.6 Å². The Morgan fingerprint density at radius 2 is 2.05 bits per heavy atom. The van der Waals surface area contributed by atoms with Crippen molar-refractivity contribution in [2.24, 2.45) is 0 Å². The summed E-state index contributed by atoms with van der Waals surface area (Å²) >= 11 is 0. The zero-order chi connectivity index (χ0) is 14.8. The molecule has 0 atom stereocenters. The first-order chi connectivity index (χ1) is 10.2. The molecular weight excluding hydrogens is 264 g/mol. The van der Waals surface area contributed by atoms with Crippen LogP contribution in [0.1, 0.15) is 32.5 Å². The molecule has 0 unspecified atom stereocenters. The molecule has 0 spiro atoms. The van der Waals surface area contributed by atoms with E-state index in [1.54, 1.807) is 0 Å². The van der Waals surface area contributed by atoms with Crippen molar-refractivity contribution < 1.29 is 0 Å². The van der Waals surface area contributed by atoms with Crippen LogP contribution >= 0.6 is 0 Å². The summed E-state index contributed by atoms with van der Waals surface area (Å²) < 4.78 is 6.31. The predicted molar refractivity (Wildman–Crippen MR) is 80.8 cm³/mol. The van der Waals surface area contributed by atoms with Crippen LogP contribution in [0.15, 0.2) is 37.4 Å². The highest BCUT2D eigenvalue weighted by Crippen LogP contribution is 2.21. The van der Waals surface area contributed by atoms with E-state index in [9.17, 15) is 0 Å². The van der Waals surface area contributed by atoms with Gasteiger partial charge in [0.1, 0.15) is 5.69 Å². The fraction of sp³-hybridized carbons (Fsp3) is 0.400. The predicted octanol–water partition coefficient (Wildman–Crippen LogP) is 2.59. The lowest BCUT2D eigenvalue weighted by Crippen LogP contribution is -2.07. The molecule has 0 aromatic carbocycles. The summed E-state index contributed by atoms with van der Waals surface area (Å²) in [6.07, 6.45) is 11.5. The van der Waals surface area contributed by atoms with Gasteiger partial charge in [0.15, 0.2) is 5.82 Å². The minimum absolute atomic E-state index is 0.354. The van der Waals surface area contributed by atoms with Crippen molar-refractivity contribution in [3.8, 4) is 11.5 Å². The first-order valence-corrected chi connectivity index (χ1v) is 7.23. The molecule has 3 rings (SSSR count). The van der Waals surface area contributed by atoms with E-state index in [4.69, 9.17) is 0 Å². The van der Waals surface area contributed by atoms with Crippen LogP contribution in [0.25, 0.3) is 11.5 Å². The second-order valence-corrected chi connectivity index (χ2v) is 5.35. The lowest BCUT2D eigenvalue weighted by atomic mass is 10.3. The molecule has 0 radical (unpaired) electrons. The molecule has 0 saturated heterocycles. The summed E-state index contributed by atoms with van der Waals surface area (Å²) in [5.74, 6) is 0.923. The van der Waals surface area contributed by atoms with E-state index >= 15 is 0 Å². The van der Waals surface area contributed by atoms with E-state index in [-0.39, 0.29) is 0 Å². The lowest BCUT2D eigenvalue weighted by Gasteiger charge is -2.12. The van der Waals surface area contributed by atoms with Crippen molar-refractivity contribution in [1.29, 1.82) is 0 Å². The summed E-state index contributed by atoms with van der Waals surface area (Å²) in [7, 11) is 0. The Kier molecular flexibility index (Phi) is 3.60. The van der Waals surface area contributed by atoms with Gasteiger partial charge in [0.2, 0.25) is 0 Å². The lowest BCUT2D eigenvalue weighted by molar-refractivity contribution is 0.600. The minimum Gasteiger partial charge on any atom is -0.337 e. The fourth-order valence-corrected chi connectivity index (χ4v) is 2.39. The van der Waals surface area contributed by atoms with Gasteiger partial charge in [-0.25, -0.2) is 15.0 Å². The van der Waals surface area contributed by atoms with Gasteiger partial charge in [0.25, 0.3) is 0 Å². The average Bonchev–Trinajstić information content (AvgIpc) is 3.18. The minimum atomic E-state index is 0.354. The average molecular weight is 284 g/mol. The molecule has 0 bridgehead atoms. The molecule has 0 N–H and O–H groups in total. The van der Waals surface area contributed by atoms with Crippen LogP contribution in [0.5, 0.6) is 0 Å². The molecule has 3 heterocycles. The van der Waals surface area contributed by atoms with Gasteiger partial charge in [-0.3, -0.25) is 0 Å². The maximum absolute atomic E-state index is 4.49. The third-order valence-corrected chi connectivity index (χ3v) is 3.55. The Labute approximate surface area is 124 Å². The molecule has 6 nitrogen and oxygen atoms in total. The molecule has 3 aromatic heterocycles. The first kappa shape index (κ1) is 13.6. The van der Waals surface area contributed by atoms with Crippen molar-refractivity contribution in [2.75, 3.05) is 0 Å². The monoisotopic (exact) mass is 284 g/mol. The molecule has 110 valence electrons. The number of rotatable bonds is 5. The van der Waals surface area contributed by atoms with Crippen LogP contribution in [0, 0.1) is 0 Å². The van der Waals surface area contributed by atoms with Crippen LogP contribution in [0.4, 0.5) is 0 Å². The second kappa shape index (κ2) is 5.55. The highest BCUT2D eigenvalue weighted by atomic mass is 15.2. The Morgan fingerprint density at radius 3 is 2.76 bits per heavy atom. The summed E-state index contributed by atoms with van der Waals surface area (Å²) in [4.78, 5) is 13.2. The standard InChI is InChI=1S/C15H20N6/c1-4-19-8-13(18-11-19)9-20-6-5-17-15(20)14-7-16-10-21(14)12(2)3/h5-8,10-12H,4,9H2,1-3H3. The fourth-order valence-electron chi connectivity index (χ4n) is 2.39. The van der Waals surface area contributed by atoms with Gasteiger partial charge in [-0.05, 0) is 20.8 Å². The molecule has 3 aromatic rings. The smallest absolute Gasteiger partial charge is 0.158 e. The number of aromatic nitrogens is 6. The van der Waals surface area contributed by atoms with E-state index in [0.29, 0.717) is 12.6 Å². The Hall–Kier alpha value is -2.37. The normalized spacial score (nSPS) is 11.4. The van der Waals surface area contributed by atoms with Gasteiger partial charge in [0.05, 0.1) is 31.1 Å². The third kappa shape index (κ3) is 2.61. The maximum Gasteiger partial charge on any atom is 0.158 e. The summed E-state index contributed by atoms with van der Waals surface area (Å²) in [5.41, 5.74) is 2.07. The quantitative estimate of drug-likeness (QED) is 0.723. The number of nitrogens with zero attached hydrogens (tertiary/aromatic N) is 6. The molecule has 0 aliphatic heterocycles. The topological polar surface area (TPSA) is 53.5 Å². The van der Waals surface area contributed by atoms with Crippen molar-refractivity contribution >= 4 is 0 Å². The molecule has 0 saturated carbocycles. The molecule has 6 heteroatoms. The highest BCUT2D eigenvalue weighted by molar-refractivity contribution is 5.49. The Morgan fingerprint density at radius 1 is 1.19 bits per heavy atom. The van der Waals surface area contributed by atoms with E-state index in [1.165, 1.54) is 0 Å². The zero-order valence-corrected chi connectivity index (χ0v) is 12.6. The summed E-state index contributed by atoms with van der Waals surface area (Å²) in [6.45, 7) is 8.04. The van der Waals surface area contributed by atoms with Crippen LogP contribution in [0.3, 0.4) is 0 Å². The first-order valence-electron chi connectivity index (χ1n) is 7.23. The van der Waals surface area contributed by atoms with Gasteiger partial charge in [-0.2, -0.15) is 0 Å². The van der Waals surface area contributed by atoms with Crippen molar-refractivity contribution in [1.82, 2.24) is 28.7 Å². The highest BCUT2D eigenvalue weighted by Gasteiger charge is 2.13. The van der Waals surface area contributed by atoms with Crippen molar-refractivity contribution in [3.63, 3.8) is 0 Å². The van der Waals surface area contributed by atoms with Crippen molar-refractivity contribution in [2.45, 2.75) is 39.9 Å². The van der Waals surface area contributed by atoms with E-state index in [1.807, 2.05) is 31.2 Å². The number of aryl methyl sites for hydroxylation is 1. The number of hydrogen-bond acceptors (Lipinski definition) is 3. The summed E-state index contributed by atoms with van der Waals surface area (Å²) in [6, 6.07) is 0.354. The van der Waals surface area contributed by atoms with Crippen LogP contribution in [-0.2, 0) is 13.1 Å². The van der Waals surface area contributed by atoms with Gasteiger partial charge in [0, 0.05) is 31.2 Å². The van der Waals surface area contributed by atoms with E-state index in [0.717, 1.165) is 23.8 Å². The second-order valence-electron chi connectivity index (χ2n) is 5.35. The van der Waals surface area contributed by atoms with Gasteiger partial charge >= 0.3 is 0 Å². The number of hydrogen-bond donors (Lipinski definition) is 0. The summed E-state index contributed by atoms with van der Waals surface area (Å²) in [5, 5.41) is 0. The van der Waals surface area contributed by atoms with Crippen LogP contribution in [0.2, 0.25) is 0 Å². The van der Waals surface area contributed by atoms with Gasteiger partial charge in [-0.1, -0.05) is 0 Å².